The van der Waals surface area contributed by atoms with Crippen molar-refractivity contribution in [1.82, 2.24) is 24.5 Å². The van der Waals surface area contributed by atoms with Crippen LogP contribution in [-0.2, 0) is 38.2 Å². The Balaban J connectivity index is 0.946. The molecule has 1 atom stereocenters. The lowest BCUT2D eigenvalue weighted by Gasteiger charge is -2.33. The van der Waals surface area contributed by atoms with Crippen LogP contribution in [0.25, 0.3) is 21.8 Å². The van der Waals surface area contributed by atoms with Crippen LogP contribution in [0.1, 0.15) is 47.6 Å². The Kier molecular flexibility index (Phi) is 9.48. The van der Waals surface area contributed by atoms with Crippen LogP contribution in [0.15, 0.2) is 77.6 Å². The zero-order valence-electron chi connectivity index (χ0n) is 30.3. The highest BCUT2D eigenvalue weighted by Gasteiger charge is 2.38. The molecule has 0 radical (unpaired) electrons. The number of imidazole rings is 1. The second-order valence-corrected chi connectivity index (χ2v) is 15.9. The van der Waals surface area contributed by atoms with Crippen LogP contribution in [0.3, 0.4) is 0 Å². The highest BCUT2D eigenvalue weighted by atomic mass is 32.2. The Labute approximate surface area is 320 Å². The van der Waals surface area contributed by atoms with E-state index in [4.69, 9.17) is 4.74 Å². The fourth-order valence-corrected chi connectivity index (χ4v) is 8.86. The quantitative estimate of drug-likeness (QED) is 0.190. The molecule has 0 saturated carbocycles. The van der Waals surface area contributed by atoms with Gasteiger partial charge >= 0.3 is 15.9 Å². The molecule has 3 saturated heterocycles. The molecule has 3 aliphatic heterocycles. The number of piperidine rings is 2. The van der Waals surface area contributed by atoms with Gasteiger partial charge in [0.2, 0.25) is 11.8 Å². The number of nitrogens with zero attached hydrogens (tertiary/aromatic N) is 4. The van der Waals surface area contributed by atoms with Crippen LogP contribution in [0.2, 0.25) is 0 Å². The molecule has 4 aromatic carbocycles. The molecule has 1 unspecified atom stereocenters. The van der Waals surface area contributed by atoms with Gasteiger partial charge in [0.25, 0.3) is 11.8 Å². The number of imide groups is 1. The summed E-state index contributed by atoms with van der Waals surface area (Å²) in [5.74, 6) is -2.80. The molecule has 290 valence electrons. The third-order valence-electron chi connectivity index (χ3n) is 10.7. The van der Waals surface area contributed by atoms with Crippen LogP contribution in [-0.4, -0.2) is 67.4 Å². The second-order valence-electron chi connectivity index (χ2n) is 14.3. The van der Waals surface area contributed by atoms with E-state index in [1.54, 1.807) is 31.3 Å². The van der Waals surface area contributed by atoms with Gasteiger partial charge in [-0.15, -0.1) is 0 Å². The third-order valence-corrected chi connectivity index (χ3v) is 12.1. The summed E-state index contributed by atoms with van der Waals surface area (Å²) in [7, 11) is -2.69. The number of fused-ring (bicyclic) bond motifs is 2. The first-order valence-electron chi connectivity index (χ1n) is 18.2. The largest absolute Gasteiger partial charge is 0.487 e. The fourth-order valence-electron chi connectivity index (χ4n) is 7.70. The molecule has 3 N–H and O–H groups in total. The van der Waals surface area contributed by atoms with Crippen molar-refractivity contribution < 1.29 is 36.7 Å². The molecule has 5 aromatic rings. The normalized spacial score (nSPS) is 18.7. The Hall–Kier alpha value is -6.23. The highest BCUT2D eigenvalue weighted by molar-refractivity contribution is 7.92. The van der Waals surface area contributed by atoms with Gasteiger partial charge in [-0.2, -0.15) is 8.42 Å². The molecule has 17 heteroatoms. The van der Waals surface area contributed by atoms with Gasteiger partial charge < -0.3 is 15.0 Å². The van der Waals surface area contributed by atoms with Crippen LogP contribution in [0, 0.1) is 11.7 Å². The number of carbonyl (C=O) groups excluding carboxylic acids is 4. The van der Waals surface area contributed by atoms with Gasteiger partial charge in [-0.05, 0) is 72.5 Å². The number of halogens is 1. The summed E-state index contributed by atoms with van der Waals surface area (Å²) in [6.07, 6.45) is 2.01. The second kappa shape index (κ2) is 14.4. The van der Waals surface area contributed by atoms with Gasteiger partial charge in [0, 0.05) is 49.7 Å². The van der Waals surface area contributed by atoms with E-state index in [2.05, 4.69) is 15.5 Å². The van der Waals surface area contributed by atoms with Crippen molar-refractivity contribution in [2.75, 3.05) is 35.4 Å². The van der Waals surface area contributed by atoms with Crippen LogP contribution in [0.5, 0.6) is 5.75 Å². The third kappa shape index (κ3) is 6.82. The maximum Gasteiger partial charge on any atom is 0.329 e. The lowest BCUT2D eigenvalue weighted by atomic mass is 9.96. The van der Waals surface area contributed by atoms with E-state index in [0.717, 1.165) is 24.1 Å². The number of rotatable bonds is 9. The number of amides is 4. The van der Waals surface area contributed by atoms with Crippen LogP contribution >= 0.6 is 0 Å². The molecule has 0 aliphatic carbocycles. The minimum atomic E-state index is -4.35. The molecule has 3 aliphatic rings. The number of benzene rings is 4. The number of hydrogen-bond donors (Lipinski definition) is 3. The summed E-state index contributed by atoms with van der Waals surface area (Å²) >= 11 is 0. The van der Waals surface area contributed by atoms with Crippen molar-refractivity contribution in [2.45, 2.75) is 38.3 Å². The zero-order chi connectivity index (χ0) is 39.3. The Morgan fingerprint density at radius 1 is 0.929 bits per heavy atom. The van der Waals surface area contributed by atoms with Gasteiger partial charge in [0.1, 0.15) is 30.6 Å². The van der Waals surface area contributed by atoms with Crippen molar-refractivity contribution in [3.63, 3.8) is 0 Å². The smallest absolute Gasteiger partial charge is 0.329 e. The number of aryl methyl sites for hydroxylation is 1. The summed E-state index contributed by atoms with van der Waals surface area (Å²) in [5.41, 5.74) is 2.54. The van der Waals surface area contributed by atoms with E-state index in [-0.39, 0.29) is 59.6 Å². The first-order chi connectivity index (χ1) is 26.9. The predicted octanol–water partition coefficient (Wildman–Crippen LogP) is 3.02. The molecule has 4 heterocycles. The van der Waals surface area contributed by atoms with Crippen molar-refractivity contribution in [2.24, 2.45) is 13.0 Å². The van der Waals surface area contributed by atoms with E-state index >= 15 is 4.39 Å². The standard InChI is InChI=1S/C39H38FN7O8S/c1-44-31-19-27(8-10-29(31)47(39(44)52)30-11-12-33(48)42-38(30)51)45-15-13-23(14-16-45)20-41-37(50)25-7-9-28-26(17-25)18-32(55-22-24-5-3-2-4-6-24)36(35(28)40)46-21-34(49)43-56(46,53)54/h2-10,17-19,23,30H,11-16,20-22H2,1H3,(H,41,50)(H,43,49)(H,42,48,51). The SMILES string of the molecule is Cn1c(=O)n(C2CCC(=O)NC2=O)c2ccc(N3CCC(CNC(=O)c4ccc5c(F)c(N6CC(=O)NS6(=O)=O)c(OCc6ccccc6)cc5c4)CC3)cc21. The monoisotopic (exact) mass is 783 g/mol. The number of ether oxygens (including phenoxy) is 1. The van der Waals surface area contributed by atoms with E-state index < -0.39 is 46.1 Å². The predicted molar refractivity (Wildman–Crippen MR) is 205 cm³/mol. The summed E-state index contributed by atoms with van der Waals surface area (Å²) in [6, 6.07) is 19.9. The van der Waals surface area contributed by atoms with Crippen molar-refractivity contribution in [1.29, 1.82) is 0 Å². The Morgan fingerprint density at radius 3 is 2.41 bits per heavy atom. The van der Waals surface area contributed by atoms with Crippen molar-refractivity contribution in [3.05, 3.63) is 100 Å². The first kappa shape index (κ1) is 36.7. The fraction of sp³-hybridized carbons (Fsp3) is 0.308. The van der Waals surface area contributed by atoms with E-state index in [0.29, 0.717) is 40.4 Å². The molecule has 0 spiro atoms. The lowest BCUT2D eigenvalue weighted by Crippen LogP contribution is -2.44. The number of anilines is 2. The van der Waals surface area contributed by atoms with Crippen molar-refractivity contribution in [3.8, 4) is 5.75 Å². The van der Waals surface area contributed by atoms with E-state index in [1.807, 2.05) is 29.0 Å². The molecule has 3 fully saturated rings. The Morgan fingerprint density at radius 2 is 1.70 bits per heavy atom. The number of hydrogen-bond acceptors (Lipinski definition) is 9. The highest BCUT2D eigenvalue weighted by Crippen LogP contribution is 2.40. The zero-order valence-corrected chi connectivity index (χ0v) is 31.1. The minimum Gasteiger partial charge on any atom is -0.487 e. The molecular formula is C39H38FN7O8S. The molecule has 1 aromatic heterocycles. The molecule has 56 heavy (non-hydrogen) atoms. The minimum absolute atomic E-state index is 0.000594. The van der Waals surface area contributed by atoms with Crippen molar-refractivity contribution >= 4 is 67.0 Å². The lowest BCUT2D eigenvalue weighted by molar-refractivity contribution is -0.135. The topological polar surface area (TPSA) is 181 Å². The molecule has 15 nitrogen and oxygen atoms in total. The van der Waals surface area contributed by atoms with Crippen LogP contribution < -0.4 is 35.0 Å². The first-order valence-corrected chi connectivity index (χ1v) is 19.7. The molecule has 4 amide bonds. The average molecular weight is 784 g/mol. The van der Waals surface area contributed by atoms with Gasteiger partial charge in [-0.3, -0.25) is 33.6 Å². The summed E-state index contributed by atoms with van der Waals surface area (Å²) < 4.78 is 53.1. The maximum atomic E-state index is 16.2. The average Bonchev–Trinajstić information content (AvgIpc) is 3.61. The van der Waals surface area contributed by atoms with Crippen LogP contribution in [0.4, 0.5) is 15.8 Å². The summed E-state index contributed by atoms with van der Waals surface area (Å²) in [6.45, 7) is 1.23. The van der Waals surface area contributed by atoms with E-state index in [9.17, 15) is 32.4 Å². The number of carbonyl (C=O) groups is 4. The van der Waals surface area contributed by atoms with Gasteiger partial charge in [0.15, 0.2) is 5.82 Å². The van der Waals surface area contributed by atoms with Gasteiger partial charge in [-0.25, -0.2) is 18.2 Å². The van der Waals surface area contributed by atoms with E-state index in [1.165, 1.54) is 33.4 Å². The number of aromatic nitrogens is 2. The molecule has 0 bridgehead atoms. The molecular weight excluding hydrogens is 746 g/mol. The summed E-state index contributed by atoms with van der Waals surface area (Å²) in [5, 5.41) is 5.70. The van der Waals surface area contributed by atoms with Gasteiger partial charge in [0.05, 0.1) is 11.0 Å². The molecule has 8 rings (SSSR count). The summed E-state index contributed by atoms with van der Waals surface area (Å²) in [4.78, 5) is 65.1. The maximum absolute atomic E-state index is 16.2. The number of nitrogens with one attached hydrogen (secondary N) is 3. The Bertz CT molecular complexity index is 2600. The van der Waals surface area contributed by atoms with Gasteiger partial charge in [-0.1, -0.05) is 36.4 Å².